The molecule has 2 rings (SSSR count). The summed E-state index contributed by atoms with van der Waals surface area (Å²) in [5.74, 6) is 0.310. The summed E-state index contributed by atoms with van der Waals surface area (Å²) in [5, 5.41) is 17.8. The van der Waals surface area contributed by atoms with Crippen LogP contribution in [0.15, 0.2) is 18.2 Å². The van der Waals surface area contributed by atoms with Gasteiger partial charge in [0.05, 0.1) is 19.3 Å². The van der Waals surface area contributed by atoms with Gasteiger partial charge in [0.15, 0.2) is 0 Å². The molecule has 5 heteroatoms. The molecule has 1 fully saturated rings. The van der Waals surface area contributed by atoms with E-state index < -0.39 is 0 Å². The highest BCUT2D eigenvalue weighted by atomic mass is 19.1. The van der Waals surface area contributed by atoms with Crippen LogP contribution in [0.4, 0.5) is 4.39 Å². The molecular formula is C19H33FO4. The Morgan fingerprint density at radius 1 is 1.21 bits per heavy atom. The number of ether oxygens (including phenoxy) is 2. The van der Waals surface area contributed by atoms with Crippen LogP contribution in [-0.2, 0) is 11.2 Å². The van der Waals surface area contributed by atoms with Gasteiger partial charge in [0, 0.05) is 13.7 Å². The molecule has 0 radical (unpaired) electrons. The smallest absolute Gasteiger partial charge is 0.123 e. The molecule has 1 aliphatic carbocycles. The fraction of sp³-hybridized carbons (Fsp3) is 0.684. The lowest BCUT2D eigenvalue weighted by Gasteiger charge is -2.24. The Balaban J connectivity index is 0.000000390. The van der Waals surface area contributed by atoms with Gasteiger partial charge in [-0.2, -0.15) is 0 Å². The number of halogens is 1. The first-order valence-electron chi connectivity index (χ1n) is 8.66. The van der Waals surface area contributed by atoms with Gasteiger partial charge in [-0.15, -0.1) is 0 Å². The number of methoxy groups -OCH3 is 2. The molecule has 0 amide bonds. The average Bonchev–Trinajstić information content (AvgIpc) is 2.57. The van der Waals surface area contributed by atoms with Crippen molar-refractivity contribution in [2.24, 2.45) is 0 Å². The molecule has 1 aromatic rings. The van der Waals surface area contributed by atoms with Gasteiger partial charge in [-0.25, -0.2) is 4.39 Å². The first kappa shape index (κ1) is 22.8. The van der Waals surface area contributed by atoms with Gasteiger partial charge < -0.3 is 19.7 Å². The molecule has 0 aliphatic heterocycles. The largest absolute Gasteiger partial charge is 0.496 e. The molecule has 0 spiro atoms. The second-order valence-electron chi connectivity index (χ2n) is 5.82. The van der Waals surface area contributed by atoms with Crippen molar-refractivity contribution in [1.29, 1.82) is 0 Å². The van der Waals surface area contributed by atoms with E-state index in [1.54, 1.807) is 13.2 Å². The Labute approximate surface area is 145 Å². The number of benzene rings is 1. The summed E-state index contributed by atoms with van der Waals surface area (Å²) in [4.78, 5) is 0. The van der Waals surface area contributed by atoms with Gasteiger partial charge in [0.25, 0.3) is 0 Å². The lowest BCUT2D eigenvalue weighted by Crippen LogP contribution is -2.24. The van der Waals surface area contributed by atoms with Gasteiger partial charge in [-0.05, 0) is 55.9 Å². The van der Waals surface area contributed by atoms with Crippen LogP contribution >= 0.6 is 0 Å². The molecule has 0 saturated heterocycles. The fourth-order valence-electron chi connectivity index (χ4n) is 2.40. The zero-order valence-corrected chi connectivity index (χ0v) is 15.4. The molecule has 0 bridgehead atoms. The molecular weight excluding hydrogens is 311 g/mol. The molecule has 140 valence electrons. The maximum atomic E-state index is 12.7. The highest BCUT2D eigenvalue weighted by molar-refractivity contribution is 5.33. The molecule has 2 N–H and O–H groups in total. The van der Waals surface area contributed by atoms with Crippen molar-refractivity contribution in [3.63, 3.8) is 0 Å². The van der Waals surface area contributed by atoms with Crippen molar-refractivity contribution in [3.8, 4) is 5.75 Å². The first-order chi connectivity index (χ1) is 11.5. The molecule has 4 nitrogen and oxygen atoms in total. The van der Waals surface area contributed by atoms with Crippen molar-refractivity contribution in [3.05, 3.63) is 29.6 Å². The first-order valence-corrected chi connectivity index (χ1v) is 8.66. The van der Waals surface area contributed by atoms with E-state index in [2.05, 4.69) is 13.8 Å². The maximum Gasteiger partial charge on any atom is 0.123 e. The van der Waals surface area contributed by atoms with Crippen LogP contribution in [0.5, 0.6) is 5.75 Å². The summed E-state index contributed by atoms with van der Waals surface area (Å²) in [6.45, 7) is 4.25. The van der Waals surface area contributed by atoms with Crippen LogP contribution in [0.2, 0.25) is 0 Å². The number of rotatable bonds is 4. The van der Waals surface area contributed by atoms with E-state index in [9.17, 15) is 4.39 Å². The van der Waals surface area contributed by atoms with Crippen LogP contribution in [-0.4, -0.2) is 43.2 Å². The Hall–Kier alpha value is -1.17. The summed E-state index contributed by atoms with van der Waals surface area (Å²) in [6.07, 6.45) is 5.89. The lowest BCUT2D eigenvalue weighted by atomic mass is 9.95. The van der Waals surface area contributed by atoms with Gasteiger partial charge in [-0.1, -0.05) is 20.3 Å². The summed E-state index contributed by atoms with van der Waals surface area (Å²) in [5.41, 5.74) is 0.694. The highest BCUT2D eigenvalue weighted by Crippen LogP contribution is 2.20. The minimum Gasteiger partial charge on any atom is -0.496 e. The van der Waals surface area contributed by atoms with Crippen LogP contribution in [0.3, 0.4) is 0 Å². The van der Waals surface area contributed by atoms with E-state index in [4.69, 9.17) is 19.7 Å². The van der Waals surface area contributed by atoms with Crippen molar-refractivity contribution in [2.75, 3.05) is 20.8 Å². The quantitative estimate of drug-likeness (QED) is 0.874. The predicted molar refractivity (Wildman–Crippen MR) is 95.0 cm³/mol. The third kappa shape index (κ3) is 9.85. The zero-order chi connectivity index (χ0) is 18.4. The molecule has 1 aliphatic rings. The lowest BCUT2D eigenvalue weighted by molar-refractivity contribution is 0.0115. The Bertz CT molecular complexity index is 426. The fourth-order valence-corrected chi connectivity index (χ4v) is 2.40. The van der Waals surface area contributed by atoms with Crippen molar-refractivity contribution in [1.82, 2.24) is 0 Å². The van der Waals surface area contributed by atoms with Crippen LogP contribution in [0.1, 0.15) is 51.5 Å². The Morgan fingerprint density at radius 2 is 1.88 bits per heavy atom. The van der Waals surface area contributed by atoms with Gasteiger partial charge in [-0.3, -0.25) is 0 Å². The number of aliphatic hydroxyl groups excluding tert-OH is 2. The molecule has 0 aromatic heterocycles. The normalized spacial score (nSPS) is 19.5. The van der Waals surface area contributed by atoms with E-state index in [-0.39, 0.29) is 18.5 Å². The molecule has 1 saturated carbocycles. The summed E-state index contributed by atoms with van der Waals surface area (Å²) >= 11 is 0. The van der Waals surface area contributed by atoms with E-state index in [0.717, 1.165) is 25.7 Å². The molecule has 24 heavy (non-hydrogen) atoms. The van der Waals surface area contributed by atoms with E-state index >= 15 is 0 Å². The molecule has 2 unspecified atom stereocenters. The summed E-state index contributed by atoms with van der Waals surface area (Å²) < 4.78 is 22.7. The van der Waals surface area contributed by atoms with Crippen molar-refractivity contribution >= 4 is 0 Å². The van der Waals surface area contributed by atoms with Crippen molar-refractivity contribution < 1.29 is 24.1 Å². The maximum absolute atomic E-state index is 12.7. The van der Waals surface area contributed by atoms with Gasteiger partial charge in [0.1, 0.15) is 11.6 Å². The van der Waals surface area contributed by atoms with Gasteiger partial charge in [0.2, 0.25) is 0 Å². The second-order valence-corrected chi connectivity index (χ2v) is 5.82. The SMILES string of the molecule is CCC.COC1CCCC(O)C1.COc1ccc(F)cc1CCO. The third-order valence-corrected chi connectivity index (χ3v) is 3.56. The van der Waals surface area contributed by atoms with Crippen LogP contribution in [0, 0.1) is 5.82 Å². The number of aliphatic hydroxyl groups is 2. The van der Waals surface area contributed by atoms with E-state index in [0.29, 0.717) is 23.8 Å². The highest BCUT2D eigenvalue weighted by Gasteiger charge is 2.18. The molecule has 0 heterocycles. The standard InChI is InChI=1S/C9H11FO2.C7H14O2.C3H8/c1-12-9-3-2-8(10)6-7(9)4-5-11;1-9-7-4-2-3-6(8)5-7;1-3-2/h2-3,6,11H,4-5H2,1H3;6-8H,2-5H2,1H3;3H2,1-2H3. The molecule has 2 atom stereocenters. The number of hydrogen-bond acceptors (Lipinski definition) is 4. The monoisotopic (exact) mass is 344 g/mol. The second kappa shape index (κ2) is 14.2. The van der Waals surface area contributed by atoms with Crippen LogP contribution < -0.4 is 4.74 Å². The van der Waals surface area contributed by atoms with E-state index in [1.165, 1.54) is 25.7 Å². The minimum absolute atomic E-state index is 0.000185. The Kier molecular flexibility index (Phi) is 13.5. The summed E-state index contributed by atoms with van der Waals surface area (Å²) in [7, 11) is 3.23. The number of hydrogen-bond donors (Lipinski definition) is 2. The predicted octanol–water partition coefficient (Wildman–Crippen LogP) is 3.72. The van der Waals surface area contributed by atoms with E-state index in [1.807, 2.05) is 0 Å². The topological polar surface area (TPSA) is 58.9 Å². The molecule has 1 aromatic carbocycles. The Morgan fingerprint density at radius 3 is 2.33 bits per heavy atom. The van der Waals surface area contributed by atoms with Crippen LogP contribution in [0.25, 0.3) is 0 Å². The van der Waals surface area contributed by atoms with Gasteiger partial charge >= 0.3 is 0 Å². The summed E-state index contributed by atoms with van der Waals surface area (Å²) in [6, 6.07) is 4.26. The zero-order valence-electron chi connectivity index (χ0n) is 15.4. The van der Waals surface area contributed by atoms with Crippen molar-refractivity contribution in [2.45, 2.75) is 64.6 Å². The third-order valence-electron chi connectivity index (χ3n) is 3.56. The average molecular weight is 344 g/mol. The minimum atomic E-state index is -0.306.